The van der Waals surface area contributed by atoms with E-state index in [4.69, 9.17) is 0 Å². The van der Waals surface area contributed by atoms with Crippen LogP contribution in [0, 0.1) is 5.82 Å². The minimum absolute atomic E-state index is 0.00870. The maximum absolute atomic E-state index is 14.1. The summed E-state index contributed by atoms with van der Waals surface area (Å²) in [7, 11) is 0. The van der Waals surface area contributed by atoms with E-state index in [1.807, 2.05) is 13.8 Å². The molecule has 0 amide bonds. The van der Waals surface area contributed by atoms with E-state index in [1.165, 1.54) is 4.52 Å². The molecule has 2 aromatic heterocycles. The molecule has 17 heavy (non-hydrogen) atoms. The van der Waals surface area contributed by atoms with E-state index in [-0.39, 0.29) is 17.4 Å². The number of hydrogen-bond donors (Lipinski definition) is 1. The Bertz CT molecular complexity index is 639. The molecule has 1 aliphatic rings. The SMILES string of the molecule is CC(C)c1n[nH]c(=O)c2c(F)c(C3CC3)nn12. The van der Waals surface area contributed by atoms with E-state index in [9.17, 15) is 9.18 Å². The number of fused-ring (bicyclic) bond motifs is 1. The molecule has 0 atom stereocenters. The second-order valence-corrected chi connectivity index (χ2v) is 4.80. The van der Waals surface area contributed by atoms with Gasteiger partial charge in [0.2, 0.25) is 0 Å². The van der Waals surface area contributed by atoms with Gasteiger partial charge in [0.05, 0.1) is 0 Å². The molecule has 1 N–H and O–H groups in total. The van der Waals surface area contributed by atoms with E-state index in [0.717, 1.165) is 12.8 Å². The van der Waals surface area contributed by atoms with Crippen LogP contribution in [0.3, 0.4) is 0 Å². The second kappa shape index (κ2) is 3.38. The second-order valence-electron chi connectivity index (χ2n) is 4.80. The summed E-state index contributed by atoms with van der Waals surface area (Å²) in [6.45, 7) is 3.85. The van der Waals surface area contributed by atoms with Crippen LogP contribution in [0.4, 0.5) is 4.39 Å². The fourth-order valence-corrected chi connectivity index (χ4v) is 1.98. The first-order valence-corrected chi connectivity index (χ1v) is 5.76. The molecule has 2 heterocycles. The Hall–Kier alpha value is -1.72. The molecule has 0 aromatic carbocycles. The summed E-state index contributed by atoms with van der Waals surface area (Å²) in [4.78, 5) is 11.6. The highest BCUT2D eigenvalue weighted by molar-refractivity contribution is 5.49. The van der Waals surface area contributed by atoms with Gasteiger partial charge in [-0.1, -0.05) is 13.8 Å². The monoisotopic (exact) mass is 236 g/mol. The number of nitrogens with one attached hydrogen (secondary N) is 1. The first-order chi connectivity index (χ1) is 8.09. The lowest BCUT2D eigenvalue weighted by Gasteiger charge is -2.04. The Kier molecular flexibility index (Phi) is 2.08. The van der Waals surface area contributed by atoms with Crippen LogP contribution < -0.4 is 5.56 Å². The number of halogens is 1. The Morgan fingerprint density at radius 1 is 1.47 bits per heavy atom. The van der Waals surface area contributed by atoms with Crippen molar-refractivity contribution in [3.63, 3.8) is 0 Å². The van der Waals surface area contributed by atoms with Gasteiger partial charge in [0.25, 0.3) is 5.56 Å². The molecule has 1 fully saturated rings. The van der Waals surface area contributed by atoms with Gasteiger partial charge >= 0.3 is 0 Å². The smallest absolute Gasteiger partial charge is 0.265 e. The highest BCUT2D eigenvalue weighted by Gasteiger charge is 2.32. The van der Waals surface area contributed by atoms with E-state index < -0.39 is 11.4 Å². The molecule has 5 nitrogen and oxygen atoms in total. The molecule has 1 saturated carbocycles. The summed E-state index contributed by atoms with van der Waals surface area (Å²) in [5.74, 6) is 0.332. The van der Waals surface area contributed by atoms with Gasteiger partial charge in [-0.05, 0) is 12.8 Å². The molecular weight excluding hydrogens is 223 g/mol. The summed E-state index contributed by atoms with van der Waals surface area (Å²) in [5.41, 5.74) is -0.123. The molecule has 0 radical (unpaired) electrons. The highest BCUT2D eigenvalue weighted by Crippen LogP contribution is 2.40. The third-order valence-electron chi connectivity index (χ3n) is 3.04. The highest BCUT2D eigenvalue weighted by atomic mass is 19.1. The van der Waals surface area contributed by atoms with Crippen molar-refractivity contribution in [1.29, 1.82) is 0 Å². The molecular formula is C11H13FN4O. The van der Waals surface area contributed by atoms with Crippen molar-refractivity contribution in [3.8, 4) is 0 Å². The Labute approximate surface area is 96.7 Å². The van der Waals surface area contributed by atoms with Gasteiger partial charge in [-0.2, -0.15) is 10.2 Å². The third kappa shape index (κ3) is 1.47. The van der Waals surface area contributed by atoms with Crippen molar-refractivity contribution in [1.82, 2.24) is 19.8 Å². The topological polar surface area (TPSA) is 63.0 Å². The number of H-pyrrole nitrogens is 1. The van der Waals surface area contributed by atoms with Crippen molar-refractivity contribution in [2.24, 2.45) is 0 Å². The number of aromatic nitrogens is 4. The zero-order chi connectivity index (χ0) is 12.2. The first-order valence-electron chi connectivity index (χ1n) is 5.76. The Morgan fingerprint density at radius 3 is 2.76 bits per heavy atom. The maximum Gasteiger partial charge on any atom is 0.293 e. The molecule has 0 saturated heterocycles. The lowest BCUT2D eigenvalue weighted by Crippen LogP contribution is -2.17. The molecule has 90 valence electrons. The molecule has 6 heteroatoms. The minimum Gasteiger partial charge on any atom is -0.265 e. The Morgan fingerprint density at radius 2 is 2.18 bits per heavy atom. The fraction of sp³-hybridized carbons (Fsp3) is 0.545. The largest absolute Gasteiger partial charge is 0.293 e. The number of nitrogens with zero attached hydrogens (tertiary/aromatic N) is 3. The molecule has 3 rings (SSSR count). The zero-order valence-corrected chi connectivity index (χ0v) is 9.70. The van der Waals surface area contributed by atoms with Crippen LogP contribution in [0.15, 0.2) is 4.79 Å². The molecule has 0 aliphatic heterocycles. The maximum atomic E-state index is 14.1. The van der Waals surface area contributed by atoms with Crippen LogP contribution in [0.1, 0.15) is 50.0 Å². The van der Waals surface area contributed by atoms with Crippen LogP contribution in [-0.2, 0) is 0 Å². The van der Waals surface area contributed by atoms with Gasteiger partial charge in [0.1, 0.15) is 5.69 Å². The standard InChI is InChI=1S/C11H13FN4O/c1-5(2)10-13-14-11(17)9-7(12)8(6-3-4-6)15-16(9)10/h5-6H,3-4H2,1-2H3,(H,14,17). The number of aromatic amines is 1. The van der Waals surface area contributed by atoms with E-state index in [1.54, 1.807) is 0 Å². The van der Waals surface area contributed by atoms with E-state index >= 15 is 0 Å². The zero-order valence-electron chi connectivity index (χ0n) is 9.70. The van der Waals surface area contributed by atoms with Crippen molar-refractivity contribution < 1.29 is 4.39 Å². The van der Waals surface area contributed by atoms with Gasteiger partial charge in [-0.15, -0.1) is 0 Å². The average molecular weight is 236 g/mol. The van der Waals surface area contributed by atoms with Crippen LogP contribution in [0.5, 0.6) is 0 Å². The summed E-state index contributed by atoms with van der Waals surface area (Å²) in [5, 5.41) is 10.5. The lowest BCUT2D eigenvalue weighted by atomic mass is 10.2. The van der Waals surface area contributed by atoms with Gasteiger partial charge in [0, 0.05) is 11.8 Å². The van der Waals surface area contributed by atoms with Gasteiger partial charge in [-0.25, -0.2) is 14.0 Å². The van der Waals surface area contributed by atoms with E-state index in [2.05, 4.69) is 15.3 Å². The Balaban J connectivity index is 2.37. The normalized spacial score (nSPS) is 16.0. The van der Waals surface area contributed by atoms with E-state index in [0.29, 0.717) is 11.5 Å². The number of rotatable bonds is 2. The van der Waals surface area contributed by atoms with Gasteiger partial charge in [-0.3, -0.25) is 4.79 Å². The number of hydrogen-bond acceptors (Lipinski definition) is 3. The minimum atomic E-state index is -0.522. The van der Waals surface area contributed by atoms with Crippen LogP contribution >= 0.6 is 0 Å². The molecule has 1 aliphatic carbocycles. The molecule has 0 unspecified atom stereocenters. The van der Waals surface area contributed by atoms with Gasteiger partial charge < -0.3 is 0 Å². The van der Waals surface area contributed by atoms with Crippen LogP contribution in [0.25, 0.3) is 5.52 Å². The molecule has 2 aromatic rings. The van der Waals surface area contributed by atoms with Crippen molar-refractivity contribution in [3.05, 3.63) is 27.7 Å². The summed E-state index contributed by atoms with van der Waals surface area (Å²) in [6.07, 6.45) is 1.90. The van der Waals surface area contributed by atoms with Crippen LogP contribution in [0.2, 0.25) is 0 Å². The molecule has 0 bridgehead atoms. The average Bonchev–Trinajstić information content (AvgIpc) is 3.04. The summed E-state index contributed by atoms with van der Waals surface area (Å²) in [6, 6.07) is 0. The predicted molar refractivity (Wildman–Crippen MR) is 59.6 cm³/mol. The van der Waals surface area contributed by atoms with Gasteiger partial charge in [0.15, 0.2) is 17.2 Å². The van der Waals surface area contributed by atoms with Crippen molar-refractivity contribution in [2.75, 3.05) is 0 Å². The lowest BCUT2D eigenvalue weighted by molar-refractivity contribution is 0.618. The predicted octanol–water partition coefficient (Wildman–Crippen LogP) is 1.56. The fourth-order valence-electron chi connectivity index (χ4n) is 1.98. The van der Waals surface area contributed by atoms with Crippen molar-refractivity contribution >= 4 is 5.52 Å². The first kappa shape index (κ1) is 10.4. The quantitative estimate of drug-likeness (QED) is 0.860. The summed E-state index contributed by atoms with van der Waals surface area (Å²) >= 11 is 0. The van der Waals surface area contributed by atoms with Crippen molar-refractivity contribution in [2.45, 2.75) is 38.5 Å². The molecule has 0 spiro atoms. The summed E-state index contributed by atoms with van der Waals surface area (Å²) < 4.78 is 15.4. The van der Waals surface area contributed by atoms with Crippen LogP contribution in [-0.4, -0.2) is 19.8 Å². The third-order valence-corrected chi connectivity index (χ3v) is 3.04.